The monoisotopic (exact) mass is 307 g/mol. The predicted molar refractivity (Wildman–Crippen MR) is 82.2 cm³/mol. The first kappa shape index (κ1) is 14.6. The quantitative estimate of drug-likeness (QED) is 0.845. The number of carbonyl (C=O) groups excluding carboxylic acids is 1. The number of thioether (sulfide) groups is 1. The van der Waals surface area contributed by atoms with Crippen molar-refractivity contribution in [2.75, 3.05) is 11.6 Å². The van der Waals surface area contributed by atoms with Crippen LogP contribution < -0.4 is 5.32 Å². The summed E-state index contributed by atoms with van der Waals surface area (Å²) in [4.78, 5) is 25.1. The second-order valence-corrected chi connectivity index (χ2v) is 6.22. The Morgan fingerprint density at radius 3 is 2.45 bits per heavy atom. The minimum Gasteiger partial charge on any atom is -0.478 e. The predicted octanol–water partition coefficient (Wildman–Crippen LogP) is 3.73. The van der Waals surface area contributed by atoms with Crippen LogP contribution in [0.1, 0.15) is 25.6 Å². The zero-order valence-electron chi connectivity index (χ0n) is 11.0. The summed E-state index contributed by atoms with van der Waals surface area (Å²) in [6.45, 7) is 1.81. The van der Waals surface area contributed by atoms with Gasteiger partial charge < -0.3 is 10.4 Å². The lowest BCUT2D eigenvalue weighted by molar-refractivity contribution is 0.0698. The molecule has 0 aliphatic rings. The fourth-order valence-corrected chi connectivity index (χ4v) is 2.99. The molecule has 1 aromatic heterocycles. The highest BCUT2D eigenvalue weighted by atomic mass is 32.2. The van der Waals surface area contributed by atoms with Crippen molar-refractivity contribution in [3.05, 3.63) is 46.3 Å². The molecule has 0 unspecified atom stereocenters. The Bertz CT molecular complexity index is 647. The van der Waals surface area contributed by atoms with Crippen molar-refractivity contribution >= 4 is 40.0 Å². The first-order valence-electron chi connectivity index (χ1n) is 5.80. The number of anilines is 1. The Balaban J connectivity index is 2.20. The van der Waals surface area contributed by atoms with Gasteiger partial charge in [0.05, 0.1) is 5.56 Å². The summed E-state index contributed by atoms with van der Waals surface area (Å²) in [5.41, 5.74) is 0.631. The molecule has 2 aromatic rings. The van der Waals surface area contributed by atoms with Crippen molar-refractivity contribution in [2.45, 2.75) is 11.8 Å². The number of carboxylic acids is 1. The summed E-state index contributed by atoms with van der Waals surface area (Å²) < 4.78 is 0. The molecule has 6 heteroatoms. The molecule has 2 N–H and O–H groups in total. The van der Waals surface area contributed by atoms with Crippen molar-refractivity contribution in [1.29, 1.82) is 0 Å². The summed E-state index contributed by atoms with van der Waals surface area (Å²) in [6.07, 6.45) is 1.96. The molecule has 1 heterocycles. The molecule has 2 rings (SSSR count). The van der Waals surface area contributed by atoms with Gasteiger partial charge in [0.25, 0.3) is 5.91 Å². The minimum atomic E-state index is -1.04. The maximum Gasteiger partial charge on any atom is 0.338 e. The Labute approximate surface area is 124 Å². The summed E-state index contributed by atoms with van der Waals surface area (Å²) in [6, 6.07) is 8.72. The molecule has 0 atom stereocenters. The van der Waals surface area contributed by atoms with E-state index in [1.165, 1.54) is 11.3 Å². The van der Waals surface area contributed by atoms with E-state index in [1.54, 1.807) is 36.9 Å². The van der Waals surface area contributed by atoms with Gasteiger partial charge in [0.1, 0.15) is 5.00 Å². The topological polar surface area (TPSA) is 66.4 Å². The highest BCUT2D eigenvalue weighted by Gasteiger charge is 2.16. The van der Waals surface area contributed by atoms with Crippen molar-refractivity contribution in [3.8, 4) is 0 Å². The number of hydrogen-bond donors (Lipinski definition) is 2. The van der Waals surface area contributed by atoms with E-state index < -0.39 is 5.97 Å². The highest BCUT2D eigenvalue weighted by molar-refractivity contribution is 7.98. The van der Waals surface area contributed by atoms with Gasteiger partial charge in [0, 0.05) is 15.3 Å². The van der Waals surface area contributed by atoms with E-state index >= 15 is 0 Å². The number of hydrogen-bond acceptors (Lipinski definition) is 4. The molecular formula is C14H13NO3S2. The number of thiophene rings is 1. The van der Waals surface area contributed by atoms with E-state index in [4.69, 9.17) is 5.11 Å². The van der Waals surface area contributed by atoms with Gasteiger partial charge in [0.2, 0.25) is 0 Å². The Kier molecular flexibility index (Phi) is 4.46. The normalized spacial score (nSPS) is 10.3. The summed E-state index contributed by atoms with van der Waals surface area (Å²) in [5.74, 6) is -1.34. The third-order valence-electron chi connectivity index (χ3n) is 2.66. The lowest BCUT2D eigenvalue weighted by Gasteiger charge is -2.05. The average molecular weight is 307 g/mol. The van der Waals surface area contributed by atoms with Gasteiger partial charge in [-0.3, -0.25) is 4.79 Å². The average Bonchev–Trinajstić information content (AvgIpc) is 2.80. The Morgan fingerprint density at radius 1 is 1.25 bits per heavy atom. The van der Waals surface area contributed by atoms with Gasteiger partial charge in [-0.25, -0.2) is 4.79 Å². The number of nitrogens with one attached hydrogen (secondary N) is 1. The molecule has 104 valence electrons. The Morgan fingerprint density at radius 2 is 1.90 bits per heavy atom. The third kappa shape index (κ3) is 3.20. The first-order valence-corrected chi connectivity index (χ1v) is 7.84. The van der Waals surface area contributed by atoms with Gasteiger partial charge in [-0.1, -0.05) is 0 Å². The fourth-order valence-electron chi connectivity index (χ4n) is 1.68. The molecule has 20 heavy (non-hydrogen) atoms. The molecule has 1 aromatic carbocycles. The first-order chi connectivity index (χ1) is 9.51. The Hall–Kier alpha value is -1.79. The molecule has 0 aliphatic carbocycles. The molecule has 0 spiro atoms. The second-order valence-electron chi connectivity index (χ2n) is 4.09. The molecule has 0 bridgehead atoms. The van der Waals surface area contributed by atoms with Gasteiger partial charge in [-0.05, 0) is 43.5 Å². The molecule has 4 nitrogen and oxygen atoms in total. The van der Waals surface area contributed by atoms with Crippen LogP contribution in [0.15, 0.2) is 35.2 Å². The van der Waals surface area contributed by atoms with E-state index in [2.05, 4.69) is 5.32 Å². The van der Waals surface area contributed by atoms with E-state index in [1.807, 2.05) is 18.4 Å². The fraction of sp³-hybridized carbons (Fsp3) is 0.143. The van der Waals surface area contributed by atoms with E-state index in [-0.39, 0.29) is 11.5 Å². The van der Waals surface area contributed by atoms with Crippen LogP contribution in [0.5, 0.6) is 0 Å². The maximum absolute atomic E-state index is 12.1. The molecule has 0 fully saturated rings. The van der Waals surface area contributed by atoms with Crippen molar-refractivity contribution in [3.63, 3.8) is 0 Å². The van der Waals surface area contributed by atoms with E-state index in [9.17, 15) is 9.59 Å². The molecule has 0 saturated heterocycles. The molecule has 0 aliphatic heterocycles. The maximum atomic E-state index is 12.1. The van der Waals surface area contributed by atoms with Crippen molar-refractivity contribution < 1.29 is 14.7 Å². The lowest BCUT2D eigenvalue weighted by Crippen LogP contribution is -2.13. The number of rotatable bonds is 4. The molecule has 1 amide bonds. The summed E-state index contributed by atoms with van der Waals surface area (Å²) in [5, 5.41) is 12.1. The van der Waals surface area contributed by atoms with E-state index in [0.717, 1.165) is 9.77 Å². The standard InChI is InChI=1S/C14H13NO3S2/c1-8-7-11(14(17)18)13(20-8)15-12(16)9-3-5-10(19-2)6-4-9/h3-7H,1-2H3,(H,15,16)(H,17,18). The number of aromatic carboxylic acids is 1. The van der Waals surface area contributed by atoms with Crippen molar-refractivity contribution in [2.24, 2.45) is 0 Å². The summed E-state index contributed by atoms with van der Waals surface area (Å²) in [7, 11) is 0. The largest absolute Gasteiger partial charge is 0.478 e. The molecular weight excluding hydrogens is 294 g/mol. The van der Waals surface area contributed by atoms with Crippen LogP contribution in [0.2, 0.25) is 0 Å². The minimum absolute atomic E-state index is 0.126. The van der Waals surface area contributed by atoms with Crippen LogP contribution >= 0.6 is 23.1 Å². The van der Waals surface area contributed by atoms with Crippen LogP contribution in [-0.2, 0) is 0 Å². The zero-order valence-corrected chi connectivity index (χ0v) is 12.6. The number of benzene rings is 1. The SMILES string of the molecule is CSc1ccc(C(=O)Nc2sc(C)cc2C(=O)O)cc1. The van der Waals surface area contributed by atoms with Crippen LogP contribution in [0, 0.1) is 6.92 Å². The van der Waals surface area contributed by atoms with E-state index in [0.29, 0.717) is 10.6 Å². The highest BCUT2D eigenvalue weighted by Crippen LogP contribution is 2.28. The van der Waals surface area contributed by atoms with Crippen molar-refractivity contribution in [1.82, 2.24) is 0 Å². The van der Waals surface area contributed by atoms with Gasteiger partial charge in [-0.15, -0.1) is 23.1 Å². The molecule has 0 saturated carbocycles. The van der Waals surface area contributed by atoms with Gasteiger partial charge >= 0.3 is 5.97 Å². The number of amides is 1. The lowest BCUT2D eigenvalue weighted by atomic mass is 10.2. The van der Waals surface area contributed by atoms with Crippen LogP contribution in [-0.4, -0.2) is 23.2 Å². The molecule has 0 radical (unpaired) electrons. The van der Waals surface area contributed by atoms with Crippen LogP contribution in [0.4, 0.5) is 5.00 Å². The zero-order chi connectivity index (χ0) is 14.7. The van der Waals surface area contributed by atoms with Gasteiger partial charge in [0.15, 0.2) is 0 Å². The van der Waals surface area contributed by atoms with Crippen LogP contribution in [0.3, 0.4) is 0 Å². The second kappa shape index (κ2) is 6.11. The van der Waals surface area contributed by atoms with Gasteiger partial charge in [-0.2, -0.15) is 0 Å². The summed E-state index contributed by atoms with van der Waals surface area (Å²) >= 11 is 2.85. The number of carboxylic acid groups (broad SMARTS) is 1. The number of carbonyl (C=O) groups is 2. The van der Waals surface area contributed by atoms with Crippen LogP contribution in [0.25, 0.3) is 0 Å². The third-order valence-corrected chi connectivity index (χ3v) is 4.37. The number of aryl methyl sites for hydroxylation is 1. The smallest absolute Gasteiger partial charge is 0.338 e.